The maximum Gasteiger partial charge on any atom is 0.0963 e. The molecule has 0 saturated heterocycles. The summed E-state index contributed by atoms with van der Waals surface area (Å²) < 4.78 is 14.4. The van der Waals surface area contributed by atoms with Gasteiger partial charge in [-0.2, -0.15) is 0 Å². The van der Waals surface area contributed by atoms with E-state index in [2.05, 4.69) is 555 Å². The molecule has 0 saturated carbocycles. The molecule has 0 amide bonds. The minimum absolute atomic E-state index is 1.00. The summed E-state index contributed by atoms with van der Waals surface area (Å²) in [6.07, 6.45) is 5.67. The summed E-state index contributed by atoms with van der Waals surface area (Å²) >= 11 is 0. The van der Waals surface area contributed by atoms with Crippen molar-refractivity contribution in [1.82, 2.24) is 42.4 Å². The molecule has 30 aromatic rings. The third kappa shape index (κ3) is 15.3. The van der Waals surface area contributed by atoms with Gasteiger partial charge >= 0.3 is 0 Å². The topological polar surface area (TPSA) is 68.2 Å². The predicted octanol–water partition coefficient (Wildman–Crippen LogP) is 36.8. The molecular formula is C141H93N9. The second kappa shape index (κ2) is 37.2. The maximum atomic E-state index is 4.88. The van der Waals surface area contributed by atoms with Gasteiger partial charge in [0, 0.05) is 118 Å². The van der Waals surface area contributed by atoms with Crippen LogP contribution in [0.3, 0.4) is 0 Å². The molecule has 9 aromatic heterocycles. The molecule has 0 N–H and O–H groups in total. The Kier molecular flexibility index (Phi) is 21.8. The fraction of sp³-hybridized carbons (Fsp3) is 0. The van der Waals surface area contributed by atoms with Gasteiger partial charge in [0.1, 0.15) is 0 Å². The maximum absolute atomic E-state index is 4.88. The van der Waals surface area contributed by atoms with E-state index in [-0.39, 0.29) is 0 Å². The Bertz CT molecular complexity index is 10400. The average molecular weight is 1910 g/mol. The van der Waals surface area contributed by atoms with Gasteiger partial charge in [-0.1, -0.05) is 382 Å². The van der Waals surface area contributed by atoms with Crippen molar-refractivity contribution in [2.45, 2.75) is 0 Å². The number of fused-ring (bicyclic) bond motifs is 18. The smallest absolute Gasteiger partial charge is 0.0963 e. The lowest BCUT2D eigenvalue weighted by molar-refractivity contribution is 1.17. The molecular weight excluding hydrogens is 1820 g/mol. The Balaban J connectivity index is 0.000000108. The van der Waals surface area contributed by atoms with Crippen LogP contribution in [0, 0.1) is 0 Å². The van der Waals surface area contributed by atoms with Gasteiger partial charge in [-0.05, 0) is 247 Å². The fourth-order valence-electron chi connectivity index (χ4n) is 23.1. The van der Waals surface area contributed by atoms with Gasteiger partial charge in [0.15, 0.2) is 0 Å². The third-order valence-corrected chi connectivity index (χ3v) is 29.9. The molecule has 30 rings (SSSR count). The van der Waals surface area contributed by atoms with Crippen LogP contribution in [0.5, 0.6) is 0 Å². The van der Waals surface area contributed by atoms with Crippen molar-refractivity contribution in [3.63, 3.8) is 0 Å². The first kappa shape index (κ1) is 87.6. The highest BCUT2D eigenvalue weighted by atomic mass is 15.0. The molecule has 0 spiro atoms. The second-order valence-electron chi connectivity index (χ2n) is 38.5. The number of nitrogens with zero attached hydrogens (tertiary/aromatic N) is 9. The van der Waals surface area contributed by atoms with Crippen LogP contribution in [-0.2, 0) is 0 Å². The Morgan fingerprint density at radius 1 is 0.113 bits per heavy atom. The standard InChI is InChI=1S/3C47H31N3/c1-3-13-32(14-4-1)34-17-9-19-37(29-34)49-44-25-12-28-48-46(44)42-27-26-36(31-45(42)49)39-22-11-23-41-40-21-7-8-24-43(40)50(47(39)41)38-20-10-18-35(30-38)33-15-5-2-6-16-33;1-3-12-32(13-4-1)34-23-26-37(27-24-34)50-43-21-8-7-18-40(43)41-20-10-19-39(47(41)50)36-25-28-42-45(31-36)49(44-22-11-29-48-46(42)44)38-17-9-16-35(30-38)33-14-5-2-6-15-33;1-3-11-32(12-4-1)34-20-25-37(26-21-34)49-44-19-10-30-48-46(44)42-29-24-36(31-45(42)49)39-16-9-17-41-40-15-7-8-18-43(40)50(47(39)41)38-27-22-35(23-28-38)33-13-5-2-6-14-33/h3*1-31H. The van der Waals surface area contributed by atoms with Crippen LogP contribution in [0.4, 0.5) is 0 Å². The third-order valence-electron chi connectivity index (χ3n) is 29.9. The highest BCUT2D eigenvalue weighted by Crippen LogP contribution is 2.48. The Morgan fingerprint density at radius 2 is 0.327 bits per heavy atom. The highest BCUT2D eigenvalue weighted by molar-refractivity contribution is 6.19. The van der Waals surface area contributed by atoms with E-state index in [1.54, 1.807) is 0 Å². The monoisotopic (exact) mass is 1910 g/mol. The zero-order valence-electron chi connectivity index (χ0n) is 81.7. The normalized spacial score (nSPS) is 11.6. The van der Waals surface area contributed by atoms with Gasteiger partial charge in [0.25, 0.3) is 0 Å². The molecule has 0 unspecified atom stereocenters. The van der Waals surface area contributed by atoms with Gasteiger partial charge in [-0.3, -0.25) is 15.0 Å². The Morgan fingerprint density at radius 3 is 0.627 bits per heavy atom. The molecule has 0 radical (unpaired) electrons. The quantitative estimate of drug-likeness (QED) is 0.103. The molecule has 9 heteroatoms. The minimum atomic E-state index is 1.00. The van der Waals surface area contributed by atoms with Gasteiger partial charge in [0.05, 0.1) is 82.8 Å². The van der Waals surface area contributed by atoms with Crippen molar-refractivity contribution in [3.8, 4) is 134 Å². The summed E-state index contributed by atoms with van der Waals surface area (Å²) in [6.45, 7) is 0. The number of para-hydroxylation sites is 6. The van der Waals surface area contributed by atoms with Crippen LogP contribution in [-0.4, -0.2) is 42.4 Å². The highest BCUT2D eigenvalue weighted by Gasteiger charge is 2.26. The van der Waals surface area contributed by atoms with E-state index in [0.717, 1.165) is 117 Å². The first-order valence-electron chi connectivity index (χ1n) is 51.2. The number of pyridine rings is 3. The molecule has 9 heterocycles. The van der Waals surface area contributed by atoms with Gasteiger partial charge in [-0.25, -0.2) is 0 Å². The minimum Gasteiger partial charge on any atom is -0.309 e. The van der Waals surface area contributed by atoms with Gasteiger partial charge in [0.2, 0.25) is 0 Å². The number of hydrogen-bond donors (Lipinski definition) is 0. The van der Waals surface area contributed by atoms with E-state index < -0.39 is 0 Å². The number of aromatic nitrogens is 9. The predicted molar refractivity (Wildman–Crippen MR) is 628 cm³/mol. The Labute approximate surface area is 866 Å². The van der Waals surface area contributed by atoms with Gasteiger partial charge in [-0.15, -0.1) is 0 Å². The van der Waals surface area contributed by atoms with Crippen molar-refractivity contribution in [2.75, 3.05) is 0 Å². The summed E-state index contributed by atoms with van der Waals surface area (Å²) in [7, 11) is 0. The molecule has 150 heavy (non-hydrogen) atoms. The molecule has 0 aliphatic heterocycles. The van der Waals surface area contributed by atoms with E-state index in [1.807, 2.05) is 36.8 Å². The van der Waals surface area contributed by atoms with E-state index in [1.165, 1.54) is 149 Å². The van der Waals surface area contributed by atoms with E-state index in [4.69, 9.17) is 15.0 Å². The molecule has 9 nitrogen and oxygen atoms in total. The van der Waals surface area contributed by atoms with Crippen molar-refractivity contribution >= 4 is 131 Å². The van der Waals surface area contributed by atoms with Crippen LogP contribution in [0.1, 0.15) is 0 Å². The second-order valence-corrected chi connectivity index (χ2v) is 38.5. The summed E-state index contributed by atoms with van der Waals surface area (Å²) in [6, 6.07) is 196. The molecule has 0 aliphatic carbocycles. The number of rotatable bonds is 15. The van der Waals surface area contributed by atoms with E-state index in [9.17, 15) is 0 Å². The lowest BCUT2D eigenvalue weighted by atomic mass is 10.0. The SMILES string of the molecule is c1ccc(-c2ccc(-n3c4cc(-c5cccc6c7ccccc7n(-c7ccc(-c8ccccc8)cc7)c56)ccc4c4ncccc43)cc2)cc1.c1ccc(-c2ccc(-n3c4ccccc4c4cccc(-c5ccc6c7ncccc7n(-c7cccc(-c8ccccc8)c7)c6c5)c43)cc2)cc1.c1ccc(-c2cccc(-n3c4cc(-c5cccc6c7ccccc7n(-c7cccc(-c8ccccc8)c7)c56)ccc4c4ncccc43)c2)cc1. The molecule has 21 aromatic carbocycles. The zero-order chi connectivity index (χ0) is 99.1. The molecule has 0 aliphatic rings. The molecule has 702 valence electrons. The lowest BCUT2D eigenvalue weighted by Gasteiger charge is -2.14. The molecule has 0 atom stereocenters. The Hall–Kier alpha value is -20.1. The summed E-state index contributed by atoms with van der Waals surface area (Å²) in [5, 5.41) is 10.9. The first-order chi connectivity index (χ1) is 74.4. The first-order valence-corrected chi connectivity index (χ1v) is 51.2. The van der Waals surface area contributed by atoms with Crippen LogP contribution in [0.15, 0.2) is 565 Å². The van der Waals surface area contributed by atoms with Crippen molar-refractivity contribution < 1.29 is 0 Å². The molecule has 0 bridgehead atoms. The summed E-state index contributed by atoms with van der Waals surface area (Å²) in [4.78, 5) is 14.6. The van der Waals surface area contributed by atoms with Crippen molar-refractivity contribution in [3.05, 3.63) is 565 Å². The lowest BCUT2D eigenvalue weighted by Crippen LogP contribution is -1.97. The summed E-state index contributed by atoms with van der Waals surface area (Å²) in [5.41, 5.74) is 45.1. The zero-order valence-corrected chi connectivity index (χ0v) is 81.7. The van der Waals surface area contributed by atoms with Crippen molar-refractivity contribution in [2.24, 2.45) is 0 Å². The summed E-state index contributed by atoms with van der Waals surface area (Å²) in [5.74, 6) is 0. The average Bonchev–Trinajstić information content (AvgIpc) is 1.57. The molecule has 0 fully saturated rings. The van der Waals surface area contributed by atoms with E-state index >= 15 is 0 Å². The van der Waals surface area contributed by atoms with Crippen LogP contribution < -0.4 is 0 Å². The number of benzene rings is 21. The number of hydrogen-bond acceptors (Lipinski definition) is 3. The van der Waals surface area contributed by atoms with Crippen LogP contribution in [0.2, 0.25) is 0 Å². The van der Waals surface area contributed by atoms with Gasteiger partial charge < -0.3 is 27.4 Å². The van der Waals surface area contributed by atoms with Crippen LogP contribution >= 0.6 is 0 Å². The van der Waals surface area contributed by atoms with Crippen LogP contribution in [0.25, 0.3) is 265 Å². The van der Waals surface area contributed by atoms with E-state index in [0.29, 0.717) is 0 Å². The fourth-order valence-corrected chi connectivity index (χ4v) is 23.1. The largest absolute Gasteiger partial charge is 0.309 e. The van der Waals surface area contributed by atoms with Crippen molar-refractivity contribution in [1.29, 1.82) is 0 Å².